The van der Waals surface area contributed by atoms with Gasteiger partial charge in [0.1, 0.15) is 10.6 Å². The molecule has 36 heavy (non-hydrogen) atoms. The fourth-order valence-corrected chi connectivity index (χ4v) is 6.45. The number of methoxy groups -OCH3 is 1. The molecule has 9 nitrogen and oxygen atoms in total. The molecule has 0 spiro atoms. The first-order valence-electron chi connectivity index (χ1n) is 12.0. The highest BCUT2D eigenvalue weighted by atomic mass is 32.2. The summed E-state index contributed by atoms with van der Waals surface area (Å²) in [4.78, 5) is 17.9. The number of nitrogens with zero attached hydrogens (tertiary/aromatic N) is 3. The van der Waals surface area contributed by atoms with Crippen molar-refractivity contribution < 1.29 is 27.8 Å². The topological polar surface area (TPSA) is 101 Å². The van der Waals surface area contributed by atoms with Gasteiger partial charge in [0, 0.05) is 57.4 Å². The van der Waals surface area contributed by atoms with Gasteiger partial charge in [-0.3, -0.25) is 9.80 Å². The molecule has 1 aromatic heterocycles. The van der Waals surface area contributed by atoms with Gasteiger partial charge in [0.15, 0.2) is 0 Å². The summed E-state index contributed by atoms with van der Waals surface area (Å²) in [5.41, 5.74) is 1.56. The van der Waals surface area contributed by atoms with Gasteiger partial charge in [-0.1, -0.05) is 18.2 Å². The number of aryl methyl sites for hydroxylation is 1. The number of sulfone groups is 1. The molecule has 2 aromatic carbocycles. The smallest absolute Gasteiger partial charge is 0.340 e. The van der Waals surface area contributed by atoms with Crippen molar-refractivity contribution in [2.75, 3.05) is 53.0 Å². The van der Waals surface area contributed by atoms with Crippen molar-refractivity contribution in [3.8, 4) is 5.75 Å². The first kappa shape index (κ1) is 26.2. The van der Waals surface area contributed by atoms with Crippen LogP contribution in [-0.2, 0) is 28.2 Å². The normalized spacial score (nSPS) is 15.3. The van der Waals surface area contributed by atoms with Gasteiger partial charge in [0.2, 0.25) is 9.84 Å². The highest BCUT2D eigenvalue weighted by Gasteiger charge is 2.33. The van der Waals surface area contributed by atoms with Crippen molar-refractivity contribution in [3.05, 3.63) is 53.7 Å². The SMILES string of the molecule is CCOC(=O)c1c(CN2CCN(CCO)CC2)n(C)c2ccc(OC)c(S(=O)(=O)c3ccccc3)c12. The van der Waals surface area contributed by atoms with E-state index in [1.165, 1.54) is 19.2 Å². The zero-order valence-electron chi connectivity index (χ0n) is 20.9. The lowest BCUT2D eigenvalue weighted by molar-refractivity contribution is 0.0523. The molecule has 1 aliphatic heterocycles. The minimum absolute atomic E-state index is 0.0358. The fourth-order valence-electron chi connectivity index (χ4n) is 4.81. The van der Waals surface area contributed by atoms with E-state index in [4.69, 9.17) is 9.47 Å². The van der Waals surface area contributed by atoms with Gasteiger partial charge in [-0.05, 0) is 31.2 Å². The monoisotopic (exact) mass is 515 g/mol. The maximum Gasteiger partial charge on any atom is 0.340 e. The number of esters is 1. The Balaban J connectivity index is 1.90. The summed E-state index contributed by atoms with van der Waals surface area (Å²) in [5.74, 6) is -0.388. The van der Waals surface area contributed by atoms with Gasteiger partial charge in [-0.15, -0.1) is 0 Å². The van der Waals surface area contributed by atoms with E-state index in [1.54, 1.807) is 37.3 Å². The molecule has 1 aliphatic rings. The van der Waals surface area contributed by atoms with Crippen molar-refractivity contribution in [1.82, 2.24) is 14.4 Å². The highest BCUT2D eigenvalue weighted by Crippen LogP contribution is 2.40. The quantitative estimate of drug-likeness (QED) is 0.434. The van der Waals surface area contributed by atoms with E-state index in [2.05, 4.69) is 9.80 Å². The van der Waals surface area contributed by atoms with Crippen LogP contribution in [0.2, 0.25) is 0 Å². The number of aliphatic hydroxyl groups is 1. The number of benzene rings is 2. The molecule has 1 N–H and O–H groups in total. The third kappa shape index (κ3) is 4.86. The van der Waals surface area contributed by atoms with Crippen molar-refractivity contribution in [3.63, 3.8) is 0 Å². The largest absolute Gasteiger partial charge is 0.495 e. The minimum atomic E-state index is -4.02. The van der Waals surface area contributed by atoms with Crippen LogP contribution in [0.15, 0.2) is 52.3 Å². The van der Waals surface area contributed by atoms with E-state index in [9.17, 15) is 18.3 Å². The Hall–Kier alpha value is -2.92. The van der Waals surface area contributed by atoms with E-state index in [0.29, 0.717) is 29.7 Å². The van der Waals surface area contributed by atoms with E-state index in [1.807, 2.05) is 11.6 Å². The lowest BCUT2D eigenvalue weighted by atomic mass is 10.1. The van der Waals surface area contributed by atoms with Gasteiger partial charge >= 0.3 is 5.97 Å². The lowest BCUT2D eigenvalue weighted by Crippen LogP contribution is -2.46. The number of carbonyl (C=O) groups is 1. The molecule has 1 fully saturated rings. The van der Waals surface area contributed by atoms with Crippen LogP contribution < -0.4 is 4.74 Å². The molecule has 3 aromatic rings. The van der Waals surface area contributed by atoms with Crippen LogP contribution >= 0.6 is 0 Å². The maximum atomic E-state index is 13.9. The molecular formula is C26H33N3O6S. The predicted octanol–water partition coefficient (Wildman–Crippen LogP) is 2.31. The Morgan fingerprint density at radius 2 is 1.69 bits per heavy atom. The maximum absolute atomic E-state index is 13.9. The number of hydrogen-bond acceptors (Lipinski definition) is 8. The number of β-amino-alcohol motifs (C(OH)–C–C–N with tert-alkyl or cyclic N) is 1. The zero-order chi connectivity index (χ0) is 25.9. The van der Waals surface area contributed by atoms with Crippen LogP contribution in [0.5, 0.6) is 5.75 Å². The Bertz CT molecular complexity index is 1330. The summed E-state index contributed by atoms with van der Waals surface area (Å²) in [5, 5.41) is 9.55. The lowest BCUT2D eigenvalue weighted by Gasteiger charge is -2.34. The first-order chi connectivity index (χ1) is 17.3. The molecule has 0 aliphatic carbocycles. The summed E-state index contributed by atoms with van der Waals surface area (Å²) in [6.07, 6.45) is 0. The van der Waals surface area contributed by atoms with Crippen LogP contribution in [0.25, 0.3) is 10.9 Å². The second-order valence-electron chi connectivity index (χ2n) is 8.75. The Morgan fingerprint density at radius 3 is 2.31 bits per heavy atom. The van der Waals surface area contributed by atoms with Gasteiger partial charge in [-0.25, -0.2) is 13.2 Å². The van der Waals surface area contributed by atoms with Crippen LogP contribution in [0.3, 0.4) is 0 Å². The van der Waals surface area contributed by atoms with Gasteiger partial charge in [-0.2, -0.15) is 0 Å². The van der Waals surface area contributed by atoms with E-state index in [-0.39, 0.29) is 34.3 Å². The van der Waals surface area contributed by atoms with E-state index in [0.717, 1.165) is 26.2 Å². The molecule has 1 saturated heterocycles. The number of piperazine rings is 1. The molecule has 0 unspecified atom stereocenters. The summed E-state index contributed by atoms with van der Waals surface area (Å²) >= 11 is 0. The number of carbonyl (C=O) groups excluding carboxylic acids is 1. The average Bonchev–Trinajstić information content (AvgIpc) is 3.16. The molecular weight excluding hydrogens is 482 g/mol. The van der Waals surface area contributed by atoms with Crippen LogP contribution in [-0.4, -0.2) is 86.9 Å². The Labute approximate surface area is 211 Å². The number of aromatic nitrogens is 1. The third-order valence-corrected chi connectivity index (χ3v) is 8.52. The number of aliphatic hydroxyl groups excluding tert-OH is 1. The van der Waals surface area contributed by atoms with Crippen LogP contribution in [0, 0.1) is 0 Å². The molecule has 2 heterocycles. The number of rotatable bonds is 9. The molecule has 0 amide bonds. The Kier molecular flexibility index (Phi) is 7.99. The molecule has 4 rings (SSSR count). The van der Waals surface area contributed by atoms with Gasteiger partial charge in [0.25, 0.3) is 0 Å². The van der Waals surface area contributed by atoms with E-state index >= 15 is 0 Å². The van der Waals surface area contributed by atoms with Crippen molar-refractivity contribution in [2.45, 2.75) is 23.3 Å². The molecule has 10 heteroatoms. The molecule has 0 atom stereocenters. The number of ether oxygens (including phenoxy) is 2. The Morgan fingerprint density at radius 1 is 1.03 bits per heavy atom. The van der Waals surface area contributed by atoms with Crippen molar-refractivity contribution in [2.24, 2.45) is 7.05 Å². The fraction of sp³-hybridized carbons (Fsp3) is 0.423. The van der Waals surface area contributed by atoms with Gasteiger partial charge < -0.3 is 19.1 Å². The summed E-state index contributed by atoms with van der Waals surface area (Å²) in [6.45, 7) is 6.25. The zero-order valence-corrected chi connectivity index (χ0v) is 21.8. The second kappa shape index (κ2) is 11.0. The predicted molar refractivity (Wildman–Crippen MR) is 136 cm³/mol. The third-order valence-electron chi connectivity index (χ3n) is 6.68. The van der Waals surface area contributed by atoms with E-state index < -0.39 is 15.8 Å². The minimum Gasteiger partial charge on any atom is -0.495 e. The summed E-state index contributed by atoms with van der Waals surface area (Å²) in [7, 11) is -0.757. The summed E-state index contributed by atoms with van der Waals surface area (Å²) < 4.78 is 40.6. The molecule has 0 saturated carbocycles. The number of hydrogen-bond donors (Lipinski definition) is 1. The molecule has 194 valence electrons. The van der Waals surface area contributed by atoms with Gasteiger partial charge in [0.05, 0.1) is 36.3 Å². The average molecular weight is 516 g/mol. The van der Waals surface area contributed by atoms with Crippen molar-refractivity contribution in [1.29, 1.82) is 0 Å². The van der Waals surface area contributed by atoms with Crippen LogP contribution in [0.4, 0.5) is 0 Å². The summed E-state index contributed by atoms with van der Waals surface area (Å²) in [6, 6.07) is 11.6. The van der Waals surface area contributed by atoms with Crippen LogP contribution in [0.1, 0.15) is 23.0 Å². The highest BCUT2D eigenvalue weighted by molar-refractivity contribution is 7.91. The second-order valence-corrected chi connectivity index (χ2v) is 10.6. The molecule has 0 radical (unpaired) electrons. The number of fused-ring (bicyclic) bond motifs is 1. The first-order valence-corrected chi connectivity index (χ1v) is 13.5. The standard InChI is InChI=1S/C26H33N3O6S/c1-4-35-26(31)24-21(18-29-14-12-28(13-15-29)16-17-30)27(2)20-10-11-22(34-3)25(23(20)24)36(32,33)19-8-6-5-7-9-19/h5-11,30H,4,12-18H2,1-3H3. The molecule has 0 bridgehead atoms. The van der Waals surface area contributed by atoms with Crippen molar-refractivity contribution >= 4 is 26.7 Å².